The summed E-state index contributed by atoms with van der Waals surface area (Å²) in [5.41, 5.74) is 2.63. The molecule has 0 radical (unpaired) electrons. The van der Waals surface area contributed by atoms with Crippen LogP contribution < -0.4 is 4.72 Å². The molecule has 9 heteroatoms. The Kier molecular flexibility index (Phi) is 5.76. The van der Waals surface area contributed by atoms with E-state index in [2.05, 4.69) is 9.82 Å². The molecule has 0 aliphatic carbocycles. The summed E-state index contributed by atoms with van der Waals surface area (Å²) >= 11 is 0. The number of ether oxygens (including phenoxy) is 1. The number of nitrogens with zero attached hydrogens (tertiary/aromatic N) is 2. The highest BCUT2D eigenvalue weighted by atomic mass is 32.2. The molecule has 1 aliphatic heterocycles. The van der Waals surface area contributed by atoms with E-state index in [9.17, 15) is 17.6 Å². The zero-order chi connectivity index (χ0) is 20.3. The number of anilines is 1. The highest BCUT2D eigenvalue weighted by molar-refractivity contribution is 7.92. The molecular formula is C19H20FN3O4S. The number of methoxy groups -OCH3 is 1. The highest BCUT2D eigenvalue weighted by Crippen LogP contribution is 2.33. The number of halogens is 1. The van der Waals surface area contributed by atoms with Gasteiger partial charge >= 0.3 is 0 Å². The molecular weight excluding hydrogens is 385 g/mol. The van der Waals surface area contributed by atoms with E-state index < -0.39 is 10.0 Å². The largest absolute Gasteiger partial charge is 0.375 e. The van der Waals surface area contributed by atoms with Gasteiger partial charge in [-0.2, -0.15) is 5.10 Å². The molecule has 0 saturated carbocycles. The van der Waals surface area contributed by atoms with Crippen LogP contribution in [0.5, 0.6) is 0 Å². The van der Waals surface area contributed by atoms with Crippen LogP contribution in [0.15, 0.2) is 53.6 Å². The zero-order valence-electron chi connectivity index (χ0n) is 15.4. The molecule has 7 nitrogen and oxygen atoms in total. The van der Waals surface area contributed by atoms with Gasteiger partial charge in [0.25, 0.3) is 5.91 Å². The predicted octanol–water partition coefficient (Wildman–Crippen LogP) is 2.52. The Morgan fingerprint density at radius 3 is 2.43 bits per heavy atom. The minimum Gasteiger partial charge on any atom is -0.375 e. The van der Waals surface area contributed by atoms with Crippen molar-refractivity contribution < 1.29 is 22.3 Å². The SMILES string of the molecule is COCC(=O)N1N=C(c2ccc(NS(C)(=O)=O)cc2)C[C@H]1c1ccc(F)cc1. The first-order valence-electron chi connectivity index (χ1n) is 8.49. The van der Waals surface area contributed by atoms with Crippen LogP contribution in [-0.4, -0.2) is 45.0 Å². The van der Waals surface area contributed by atoms with Crippen LogP contribution in [0.25, 0.3) is 0 Å². The van der Waals surface area contributed by atoms with Crippen LogP contribution in [0.2, 0.25) is 0 Å². The van der Waals surface area contributed by atoms with Gasteiger partial charge in [-0.15, -0.1) is 0 Å². The third-order valence-corrected chi connectivity index (χ3v) is 4.82. The smallest absolute Gasteiger partial charge is 0.269 e. The van der Waals surface area contributed by atoms with Crippen molar-refractivity contribution in [3.05, 3.63) is 65.5 Å². The third kappa shape index (κ3) is 4.73. The van der Waals surface area contributed by atoms with Crippen molar-refractivity contribution in [1.29, 1.82) is 0 Å². The van der Waals surface area contributed by atoms with Gasteiger partial charge in [0.1, 0.15) is 12.4 Å². The monoisotopic (exact) mass is 405 g/mol. The highest BCUT2D eigenvalue weighted by Gasteiger charge is 2.32. The maximum atomic E-state index is 13.3. The molecule has 0 bridgehead atoms. The summed E-state index contributed by atoms with van der Waals surface area (Å²) in [5, 5.41) is 5.81. The lowest BCUT2D eigenvalue weighted by Crippen LogP contribution is -2.30. The van der Waals surface area contributed by atoms with E-state index in [1.807, 2.05) is 0 Å². The molecule has 1 aliphatic rings. The summed E-state index contributed by atoms with van der Waals surface area (Å²) in [5.74, 6) is -0.659. The summed E-state index contributed by atoms with van der Waals surface area (Å²) < 4.78 is 43.3. The van der Waals surface area contributed by atoms with Crippen molar-refractivity contribution in [2.45, 2.75) is 12.5 Å². The molecule has 1 atom stereocenters. The second-order valence-electron chi connectivity index (χ2n) is 6.44. The summed E-state index contributed by atoms with van der Waals surface area (Å²) in [4.78, 5) is 12.4. The second kappa shape index (κ2) is 8.07. The van der Waals surface area contributed by atoms with Gasteiger partial charge in [-0.3, -0.25) is 9.52 Å². The number of hydrazone groups is 1. The minimum atomic E-state index is -3.36. The van der Waals surface area contributed by atoms with E-state index in [0.717, 1.165) is 17.4 Å². The van der Waals surface area contributed by atoms with Crippen molar-refractivity contribution in [2.24, 2.45) is 5.10 Å². The molecule has 1 amide bonds. The number of benzene rings is 2. The fraction of sp³-hybridized carbons (Fsp3) is 0.263. The maximum Gasteiger partial charge on any atom is 0.269 e. The van der Waals surface area contributed by atoms with E-state index in [-0.39, 0.29) is 24.4 Å². The number of carbonyl (C=O) groups is 1. The molecule has 0 fully saturated rings. The van der Waals surface area contributed by atoms with Crippen molar-refractivity contribution in [3.63, 3.8) is 0 Å². The summed E-state index contributed by atoms with van der Waals surface area (Å²) in [6.07, 6.45) is 1.52. The van der Waals surface area contributed by atoms with Crippen LogP contribution in [0.1, 0.15) is 23.6 Å². The summed E-state index contributed by atoms with van der Waals surface area (Å²) in [6.45, 7) is -0.119. The lowest BCUT2D eigenvalue weighted by atomic mass is 9.98. The lowest BCUT2D eigenvalue weighted by Gasteiger charge is -2.21. The number of hydrogen-bond donors (Lipinski definition) is 1. The van der Waals surface area contributed by atoms with Crippen molar-refractivity contribution in [1.82, 2.24) is 5.01 Å². The third-order valence-electron chi connectivity index (χ3n) is 4.21. The van der Waals surface area contributed by atoms with Gasteiger partial charge in [0.2, 0.25) is 10.0 Å². The number of nitrogens with one attached hydrogen (secondary N) is 1. The first-order chi connectivity index (χ1) is 13.3. The number of hydrogen-bond acceptors (Lipinski definition) is 5. The molecule has 2 aromatic carbocycles. The Balaban J connectivity index is 1.87. The zero-order valence-corrected chi connectivity index (χ0v) is 16.2. The Labute approximate surface area is 162 Å². The first-order valence-corrected chi connectivity index (χ1v) is 10.4. The Morgan fingerprint density at radius 2 is 1.86 bits per heavy atom. The summed E-state index contributed by atoms with van der Waals surface area (Å²) in [6, 6.07) is 12.3. The minimum absolute atomic E-state index is 0.119. The average molecular weight is 405 g/mol. The fourth-order valence-electron chi connectivity index (χ4n) is 2.99. The molecule has 1 heterocycles. The topological polar surface area (TPSA) is 88.1 Å². The van der Waals surface area contributed by atoms with E-state index in [1.165, 1.54) is 24.3 Å². The van der Waals surface area contributed by atoms with E-state index in [4.69, 9.17) is 4.74 Å². The molecule has 0 unspecified atom stereocenters. The molecule has 1 N–H and O–H groups in total. The fourth-order valence-corrected chi connectivity index (χ4v) is 3.56. The average Bonchev–Trinajstić information content (AvgIpc) is 3.07. The molecule has 3 rings (SSSR count). The molecule has 0 saturated heterocycles. The Bertz CT molecular complexity index is 989. The van der Waals surface area contributed by atoms with Gasteiger partial charge < -0.3 is 4.74 Å². The lowest BCUT2D eigenvalue weighted by molar-refractivity contribution is -0.137. The summed E-state index contributed by atoms with van der Waals surface area (Å²) in [7, 11) is -1.93. The molecule has 2 aromatic rings. The molecule has 0 spiro atoms. The van der Waals surface area contributed by atoms with Gasteiger partial charge in [-0.1, -0.05) is 24.3 Å². The van der Waals surface area contributed by atoms with Crippen LogP contribution in [0.3, 0.4) is 0 Å². The van der Waals surface area contributed by atoms with Crippen LogP contribution in [0.4, 0.5) is 10.1 Å². The number of sulfonamides is 1. The van der Waals surface area contributed by atoms with Crippen LogP contribution in [0, 0.1) is 5.82 Å². The number of carbonyl (C=O) groups excluding carboxylic acids is 1. The standard InChI is InChI=1S/C19H20FN3O4S/c1-27-12-19(24)23-18(14-3-7-15(20)8-4-14)11-17(21-23)13-5-9-16(10-6-13)22-28(2,25)26/h3-10,18,22H,11-12H2,1-2H3/t18-/m0/s1. The van der Waals surface area contributed by atoms with Gasteiger partial charge in [-0.05, 0) is 35.4 Å². The van der Waals surface area contributed by atoms with E-state index >= 15 is 0 Å². The van der Waals surface area contributed by atoms with Gasteiger partial charge in [-0.25, -0.2) is 17.8 Å². The normalized spacial score (nSPS) is 16.8. The second-order valence-corrected chi connectivity index (χ2v) is 8.19. The quantitative estimate of drug-likeness (QED) is 0.800. The maximum absolute atomic E-state index is 13.3. The van der Waals surface area contributed by atoms with Gasteiger partial charge in [0, 0.05) is 19.2 Å². The predicted molar refractivity (Wildman–Crippen MR) is 104 cm³/mol. The van der Waals surface area contributed by atoms with Gasteiger partial charge in [0.15, 0.2) is 0 Å². The van der Waals surface area contributed by atoms with E-state index in [0.29, 0.717) is 17.8 Å². The number of rotatable bonds is 6. The van der Waals surface area contributed by atoms with Gasteiger partial charge in [0.05, 0.1) is 18.0 Å². The van der Waals surface area contributed by atoms with Crippen molar-refractivity contribution in [3.8, 4) is 0 Å². The van der Waals surface area contributed by atoms with Crippen LogP contribution >= 0.6 is 0 Å². The molecule has 0 aromatic heterocycles. The molecule has 148 valence electrons. The Morgan fingerprint density at radius 1 is 1.21 bits per heavy atom. The van der Waals surface area contributed by atoms with E-state index in [1.54, 1.807) is 36.4 Å². The first kappa shape index (κ1) is 20.0. The van der Waals surface area contributed by atoms with Crippen molar-refractivity contribution >= 4 is 27.3 Å². The Hall–Kier alpha value is -2.78. The number of amides is 1. The molecule has 28 heavy (non-hydrogen) atoms. The van der Waals surface area contributed by atoms with Crippen LogP contribution in [-0.2, 0) is 19.6 Å². The van der Waals surface area contributed by atoms with Crippen molar-refractivity contribution in [2.75, 3.05) is 24.7 Å².